The number of carboxylic acids is 1. The summed E-state index contributed by atoms with van der Waals surface area (Å²) in [4.78, 5) is 28.8. The molecule has 9 nitrogen and oxygen atoms in total. The molecule has 0 aliphatic carbocycles. The molecule has 2 unspecified atom stereocenters. The van der Waals surface area contributed by atoms with Crippen molar-refractivity contribution in [3.05, 3.63) is 12.2 Å². The molecule has 1 aromatic rings. The van der Waals surface area contributed by atoms with Crippen molar-refractivity contribution in [3.8, 4) is 0 Å². The number of ether oxygens (including phenoxy) is 1. The van der Waals surface area contributed by atoms with Gasteiger partial charge in [-0.3, -0.25) is 9.89 Å². The Morgan fingerprint density at radius 1 is 1.57 bits per heavy atom. The van der Waals surface area contributed by atoms with Crippen LogP contribution in [0.25, 0.3) is 0 Å². The average molecular weight is 297 g/mol. The summed E-state index contributed by atoms with van der Waals surface area (Å²) >= 11 is 0. The number of amides is 2. The van der Waals surface area contributed by atoms with Gasteiger partial charge >= 0.3 is 12.0 Å². The van der Waals surface area contributed by atoms with Crippen LogP contribution in [0.3, 0.4) is 0 Å². The van der Waals surface area contributed by atoms with E-state index < -0.39 is 17.9 Å². The van der Waals surface area contributed by atoms with Crippen LogP contribution in [0.2, 0.25) is 0 Å². The van der Waals surface area contributed by atoms with Crippen molar-refractivity contribution in [3.63, 3.8) is 0 Å². The largest absolute Gasteiger partial charge is 0.481 e. The Balaban J connectivity index is 1.87. The van der Waals surface area contributed by atoms with Gasteiger partial charge in [-0.05, 0) is 6.92 Å². The lowest BCUT2D eigenvalue weighted by atomic mass is 10.0. The van der Waals surface area contributed by atoms with Crippen molar-refractivity contribution in [2.24, 2.45) is 5.92 Å². The van der Waals surface area contributed by atoms with E-state index in [1.165, 1.54) is 11.2 Å². The zero-order valence-electron chi connectivity index (χ0n) is 11.8. The Kier molecular flexibility index (Phi) is 5.09. The summed E-state index contributed by atoms with van der Waals surface area (Å²) in [5.41, 5.74) is 0. The number of hydrogen-bond acceptors (Lipinski definition) is 5. The molecule has 3 N–H and O–H groups in total. The molecule has 0 aromatic carbocycles. The second kappa shape index (κ2) is 7.02. The van der Waals surface area contributed by atoms with Gasteiger partial charge in [0.1, 0.15) is 18.1 Å². The number of H-pyrrole nitrogens is 1. The van der Waals surface area contributed by atoms with Crippen molar-refractivity contribution in [1.82, 2.24) is 25.4 Å². The standard InChI is InChI=1S/C12H19N5O4/c1-2-17(9-6-21-5-8(9)11(18)19)12(20)13-4-3-10-14-7-15-16-10/h7-9H,2-6H2,1H3,(H,13,20)(H,18,19)(H,14,15,16). The van der Waals surface area contributed by atoms with Gasteiger partial charge in [0, 0.05) is 19.5 Å². The Labute approximate surface area is 121 Å². The number of aromatic amines is 1. The Morgan fingerprint density at radius 2 is 2.38 bits per heavy atom. The fourth-order valence-corrected chi connectivity index (χ4v) is 2.36. The predicted molar refractivity (Wildman–Crippen MR) is 71.6 cm³/mol. The van der Waals surface area contributed by atoms with Gasteiger partial charge in [0.15, 0.2) is 0 Å². The second-order valence-corrected chi connectivity index (χ2v) is 4.75. The maximum absolute atomic E-state index is 12.2. The molecule has 1 saturated heterocycles. The topological polar surface area (TPSA) is 120 Å². The van der Waals surface area contributed by atoms with E-state index in [0.717, 1.165) is 0 Å². The molecule has 2 heterocycles. The molecule has 0 spiro atoms. The number of aliphatic carboxylic acids is 1. The first-order valence-electron chi connectivity index (χ1n) is 6.82. The van der Waals surface area contributed by atoms with Crippen molar-refractivity contribution in [2.45, 2.75) is 19.4 Å². The smallest absolute Gasteiger partial charge is 0.317 e. The van der Waals surface area contributed by atoms with Gasteiger partial charge in [0.25, 0.3) is 0 Å². The molecule has 0 bridgehead atoms. The number of carboxylic acid groups (broad SMARTS) is 1. The first kappa shape index (κ1) is 15.2. The number of carbonyl (C=O) groups excluding carboxylic acids is 1. The van der Waals surface area contributed by atoms with Gasteiger partial charge in [-0.25, -0.2) is 9.78 Å². The number of carbonyl (C=O) groups is 2. The number of nitrogens with one attached hydrogen (secondary N) is 2. The van der Waals surface area contributed by atoms with Crippen LogP contribution in [0, 0.1) is 5.92 Å². The monoisotopic (exact) mass is 297 g/mol. The molecule has 116 valence electrons. The second-order valence-electron chi connectivity index (χ2n) is 4.75. The molecule has 2 amide bonds. The molecule has 2 atom stereocenters. The number of aromatic nitrogens is 3. The Hall–Kier alpha value is -2.16. The van der Waals surface area contributed by atoms with Gasteiger partial charge in [-0.2, -0.15) is 5.10 Å². The summed E-state index contributed by atoms with van der Waals surface area (Å²) in [5.74, 6) is -0.929. The molecular formula is C12H19N5O4. The van der Waals surface area contributed by atoms with E-state index in [1.807, 2.05) is 6.92 Å². The summed E-state index contributed by atoms with van der Waals surface area (Å²) in [6, 6.07) is -0.725. The van der Waals surface area contributed by atoms with E-state index in [-0.39, 0.29) is 19.2 Å². The van der Waals surface area contributed by atoms with E-state index in [4.69, 9.17) is 9.84 Å². The van der Waals surface area contributed by atoms with Crippen molar-refractivity contribution in [1.29, 1.82) is 0 Å². The van der Waals surface area contributed by atoms with Gasteiger partial charge in [0.2, 0.25) is 0 Å². The first-order chi connectivity index (χ1) is 10.1. The third kappa shape index (κ3) is 3.69. The number of hydrogen-bond donors (Lipinski definition) is 3. The highest BCUT2D eigenvalue weighted by atomic mass is 16.5. The number of likely N-dealkylation sites (N-methyl/N-ethyl adjacent to an activating group) is 1. The van der Waals surface area contributed by atoms with Crippen LogP contribution in [0.1, 0.15) is 12.7 Å². The van der Waals surface area contributed by atoms with E-state index in [9.17, 15) is 9.59 Å². The molecule has 1 aliphatic heterocycles. The van der Waals surface area contributed by atoms with Crippen molar-refractivity contribution >= 4 is 12.0 Å². The third-order valence-corrected chi connectivity index (χ3v) is 3.47. The fraction of sp³-hybridized carbons (Fsp3) is 0.667. The van der Waals surface area contributed by atoms with E-state index in [0.29, 0.717) is 25.3 Å². The highest BCUT2D eigenvalue weighted by Gasteiger charge is 2.39. The van der Waals surface area contributed by atoms with Crippen LogP contribution in [-0.2, 0) is 16.0 Å². The van der Waals surface area contributed by atoms with Crippen LogP contribution < -0.4 is 5.32 Å². The molecule has 1 aliphatic rings. The lowest BCUT2D eigenvalue weighted by Gasteiger charge is -2.29. The van der Waals surface area contributed by atoms with Crippen LogP contribution in [0.5, 0.6) is 0 Å². The quantitative estimate of drug-likeness (QED) is 0.649. The lowest BCUT2D eigenvalue weighted by Crippen LogP contribution is -2.50. The maximum atomic E-state index is 12.2. The highest BCUT2D eigenvalue weighted by Crippen LogP contribution is 2.20. The Morgan fingerprint density at radius 3 is 3.00 bits per heavy atom. The van der Waals surface area contributed by atoms with Crippen molar-refractivity contribution < 1.29 is 19.4 Å². The number of urea groups is 1. The zero-order valence-corrected chi connectivity index (χ0v) is 11.8. The van der Waals surface area contributed by atoms with E-state index in [1.54, 1.807) is 0 Å². The van der Waals surface area contributed by atoms with Gasteiger partial charge in [0.05, 0.1) is 19.3 Å². The van der Waals surface area contributed by atoms with E-state index in [2.05, 4.69) is 20.5 Å². The first-order valence-corrected chi connectivity index (χ1v) is 6.82. The summed E-state index contributed by atoms with van der Waals surface area (Å²) in [6.45, 7) is 3.03. The van der Waals surface area contributed by atoms with Gasteiger partial charge in [-0.1, -0.05) is 0 Å². The summed E-state index contributed by atoms with van der Waals surface area (Å²) in [6.07, 6.45) is 1.94. The fourth-order valence-electron chi connectivity index (χ4n) is 2.36. The third-order valence-electron chi connectivity index (χ3n) is 3.47. The SMILES string of the molecule is CCN(C(=O)NCCc1ncn[nH]1)C1COCC1C(=O)O. The van der Waals surface area contributed by atoms with E-state index >= 15 is 0 Å². The van der Waals surface area contributed by atoms with Crippen LogP contribution in [0.4, 0.5) is 4.79 Å². The molecule has 1 aromatic heterocycles. The maximum Gasteiger partial charge on any atom is 0.317 e. The predicted octanol–water partition coefficient (Wildman–Crippen LogP) is -0.522. The minimum atomic E-state index is -0.939. The van der Waals surface area contributed by atoms with Crippen LogP contribution >= 0.6 is 0 Å². The Bertz CT molecular complexity index is 478. The minimum Gasteiger partial charge on any atom is -0.481 e. The highest BCUT2D eigenvalue weighted by molar-refractivity contribution is 5.77. The summed E-state index contributed by atoms with van der Waals surface area (Å²) in [5, 5.41) is 18.3. The molecule has 9 heteroatoms. The van der Waals surface area contributed by atoms with Crippen LogP contribution in [0.15, 0.2) is 6.33 Å². The van der Waals surface area contributed by atoms with Crippen LogP contribution in [-0.4, -0.2) is 69.5 Å². The van der Waals surface area contributed by atoms with Crippen molar-refractivity contribution in [2.75, 3.05) is 26.3 Å². The number of rotatable bonds is 6. The summed E-state index contributed by atoms with van der Waals surface area (Å²) in [7, 11) is 0. The average Bonchev–Trinajstić information content (AvgIpc) is 3.10. The number of nitrogens with zero attached hydrogens (tertiary/aromatic N) is 3. The summed E-state index contributed by atoms with van der Waals surface area (Å²) < 4.78 is 5.20. The zero-order chi connectivity index (χ0) is 15.2. The molecular weight excluding hydrogens is 278 g/mol. The molecule has 2 rings (SSSR count). The molecule has 21 heavy (non-hydrogen) atoms. The lowest BCUT2D eigenvalue weighted by molar-refractivity contribution is -0.142. The van der Waals surface area contributed by atoms with Gasteiger partial charge in [-0.15, -0.1) is 0 Å². The molecule has 0 saturated carbocycles. The molecule has 1 fully saturated rings. The minimum absolute atomic E-state index is 0.141. The molecule has 0 radical (unpaired) electrons. The normalized spacial score (nSPS) is 21.2. The van der Waals surface area contributed by atoms with Gasteiger partial charge < -0.3 is 20.1 Å².